The fourth-order valence-electron chi connectivity index (χ4n) is 13.7. The van der Waals surface area contributed by atoms with E-state index in [-0.39, 0.29) is 13.4 Å². The molecule has 10 aromatic rings. The molecular formula is C62H48B2N6. The molecule has 6 aliphatic heterocycles. The second-order valence-electron chi connectivity index (χ2n) is 20.2. The van der Waals surface area contributed by atoms with E-state index in [4.69, 9.17) is 0 Å². The number of rotatable bonds is 5. The Morgan fingerprint density at radius 3 is 1.33 bits per heavy atom. The van der Waals surface area contributed by atoms with Crippen molar-refractivity contribution in [1.82, 2.24) is 4.57 Å². The van der Waals surface area contributed by atoms with Gasteiger partial charge >= 0.3 is 0 Å². The number of para-hydroxylation sites is 6. The largest absolute Gasteiger partial charge is 0.371 e. The Morgan fingerprint density at radius 1 is 0.300 bits per heavy atom. The molecule has 332 valence electrons. The molecule has 0 saturated carbocycles. The number of hydrogen-bond acceptors (Lipinski definition) is 5. The van der Waals surface area contributed by atoms with E-state index in [0.717, 1.165) is 26.2 Å². The molecule has 6 nitrogen and oxygen atoms in total. The molecule has 8 heteroatoms. The molecule has 9 aromatic carbocycles. The van der Waals surface area contributed by atoms with Gasteiger partial charge in [-0.3, -0.25) is 0 Å². The van der Waals surface area contributed by atoms with Crippen LogP contribution in [0.2, 0.25) is 0 Å². The molecule has 0 spiro atoms. The average Bonchev–Trinajstić information content (AvgIpc) is 4.23. The van der Waals surface area contributed by atoms with E-state index in [1.54, 1.807) is 0 Å². The van der Waals surface area contributed by atoms with Gasteiger partial charge in [-0.2, -0.15) is 0 Å². The summed E-state index contributed by atoms with van der Waals surface area (Å²) in [4.78, 5) is 13.0. The monoisotopic (exact) mass is 898 g/mol. The van der Waals surface area contributed by atoms with Crippen LogP contribution in [0.25, 0.3) is 27.5 Å². The highest BCUT2D eigenvalue weighted by Crippen LogP contribution is 2.49. The summed E-state index contributed by atoms with van der Waals surface area (Å²) < 4.78 is 2.62. The summed E-state index contributed by atoms with van der Waals surface area (Å²) in [6, 6.07) is 74.2. The first-order chi connectivity index (χ1) is 34.8. The lowest BCUT2D eigenvalue weighted by molar-refractivity contribution is 0.949. The van der Waals surface area contributed by atoms with Crippen molar-refractivity contribution in [2.24, 2.45) is 0 Å². The lowest BCUT2D eigenvalue weighted by atomic mass is 9.30. The van der Waals surface area contributed by atoms with E-state index in [0.29, 0.717) is 0 Å². The van der Waals surface area contributed by atoms with E-state index >= 15 is 0 Å². The summed E-state index contributed by atoms with van der Waals surface area (Å²) in [5, 5.41) is 2.63. The summed E-state index contributed by atoms with van der Waals surface area (Å²) >= 11 is 0. The quantitative estimate of drug-likeness (QED) is 0.160. The SMILES string of the molecule is c1ccc(N2c3ccccc3B3c4cc5c(cc4N(c4ccccc4)c4cc(N6CCCC6)cc2c43)N(c2ccccc2)c2cc(N3CCCC3)cc3c2B5c2cccc4c5ccccc5n-3c24)cc1. The molecule has 0 radical (unpaired) electrons. The molecule has 0 aliphatic carbocycles. The smallest absolute Gasteiger partial charge is 0.252 e. The Hall–Kier alpha value is -8.09. The third kappa shape index (κ3) is 5.31. The van der Waals surface area contributed by atoms with Crippen molar-refractivity contribution in [3.05, 3.63) is 194 Å². The van der Waals surface area contributed by atoms with Crippen LogP contribution in [0.1, 0.15) is 25.7 Å². The molecule has 16 rings (SSSR count). The Bertz CT molecular complexity index is 3790. The fraction of sp³-hybridized carbons (Fsp3) is 0.129. The Labute approximate surface area is 409 Å². The van der Waals surface area contributed by atoms with Gasteiger partial charge in [0.05, 0.1) is 5.52 Å². The van der Waals surface area contributed by atoms with Crippen molar-refractivity contribution >= 4 is 131 Å². The second kappa shape index (κ2) is 14.7. The van der Waals surface area contributed by atoms with Crippen molar-refractivity contribution in [1.29, 1.82) is 0 Å². The van der Waals surface area contributed by atoms with Crippen LogP contribution in [0.15, 0.2) is 194 Å². The molecule has 0 atom stereocenters. The predicted molar refractivity (Wildman–Crippen MR) is 297 cm³/mol. The van der Waals surface area contributed by atoms with Gasteiger partial charge in [0.1, 0.15) is 0 Å². The van der Waals surface area contributed by atoms with Gasteiger partial charge in [-0.15, -0.1) is 0 Å². The summed E-state index contributed by atoms with van der Waals surface area (Å²) in [6.07, 6.45) is 4.87. The minimum absolute atomic E-state index is 0.00152. The number of hydrogen-bond donors (Lipinski definition) is 0. The van der Waals surface area contributed by atoms with Crippen molar-refractivity contribution in [2.75, 3.05) is 50.7 Å². The zero-order chi connectivity index (χ0) is 45.6. The third-order valence-electron chi connectivity index (χ3n) is 16.6. The molecule has 0 unspecified atom stereocenters. The van der Waals surface area contributed by atoms with Gasteiger partial charge in [0.2, 0.25) is 0 Å². The highest BCUT2D eigenvalue weighted by Gasteiger charge is 2.48. The molecule has 6 aliphatic rings. The number of benzene rings is 9. The minimum atomic E-state index is -0.0107. The van der Waals surface area contributed by atoms with Crippen molar-refractivity contribution < 1.29 is 0 Å². The molecule has 0 bridgehead atoms. The van der Waals surface area contributed by atoms with Crippen molar-refractivity contribution in [3.8, 4) is 5.69 Å². The first-order valence-corrected chi connectivity index (χ1v) is 25.5. The molecule has 7 heterocycles. The molecular weight excluding hydrogens is 850 g/mol. The maximum atomic E-state index is 2.67. The van der Waals surface area contributed by atoms with Crippen LogP contribution in [0, 0.1) is 0 Å². The summed E-state index contributed by atoms with van der Waals surface area (Å²) in [7, 11) is 0. The molecule has 70 heavy (non-hydrogen) atoms. The number of fused-ring (bicyclic) bond motifs is 11. The van der Waals surface area contributed by atoms with Crippen LogP contribution in [0.5, 0.6) is 0 Å². The summed E-state index contributed by atoms with van der Waals surface area (Å²) in [5.41, 5.74) is 25.7. The van der Waals surface area contributed by atoms with Crippen LogP contribution in [0.3, 0.4) is 0 Å². The van der Waals surface area contributed by atoms with Gasteiger partial charge in [0, 0.05) is 111 Å². The average molecular weight is 899 g/mol. The van der Waals surface area contributed by atoms with Gasteiger partial charge in [-0.05, 0) is 137 Å². The van der Waals surface area contributed by atoms with Crippen LogP contribution >= 0.6 is 0 Å². The van der Waals surface area contributed by atoms with E-state index in [1.165, 1.54) is 149 Å². The van der Waals surface area contributed by atoms with E-state index < -0.39 is 0 Å². The minimum Gasteiger partial charge on any atom is -0.371 e. The van der Waals surface area contributed by atoms with Gasteiger partial charge in [0.25, 0.3) is 13.4 Å². The van der Waals surface area contributed by atoms with Gasteiger partial charge in [-0.25, -0.2) is 0 Å². The standard InChI is InChI=1S/C62H48B2N6/c1-4-19-41(20-5-1)67-53-30-13-11-27-48(53)63-50-39-51-55(40-54(50)68(42-21-6-2-7-22-42)57-36-44(35-56(67)60(57)63)65-31-14-15-32-65)69(43-23-8-3-9-24-43)58-37-45(66-33-16-17-34-66)38-59-61(58)64(51)49-28-18-26-47-46-25-10-12-29-52(46)70(59)62(47)49/h1-13,18-30,35-40H,14-17,31-34H2. The molecule has 1 aromatic heterocycles. The van der Waals surface area contributed by atoms with Gasteiger partial charge in [0.15, 0.2) is 0 Å². The zero-order valence-electron chi connectivity index (χ0n) is 39.0. The number of aromatic nitrogens is 1. The fourth-order valence-corrected chi connectivity index (χ4v) is 13.7. The van der Waals surface area contributed by atoms with E-state index in [1.807, 2.05) is 0 Å². The first-order valence-electron chi connectivity index (χ1n) is 25.5. The van der Waals surface area contributed by atoms with Crippen molar-refractivity contribution in [2.45, 2.75) is 25.7 Å². The summed E-state index contributed by atoms with van der Waals surface area (Å²) in [5.74, 6) is 0. The van der Waals surface area contributed by atoms with Gasteiger partial charge < -0.3 is 29.1 Å². The lowest BCUT2D eigenvalue weighted by Gasteiger charge is -2.46. The summed E-state index contributed by atoms with van der Waals surface area (Å²) in [6.45, 7) is 4.28. The normalized spacial score (nSPS) is 15.9. The highest BCUT2D eigenvalue weighted by atomic mass is 15.2. The zero-order valence-corrected chi connectivity index (χ0v) is 39.0. The van der Waals surface area contributed by atoms with Crippen LogP contribution in [-0.4, -0.2) is 44.2 Å². The van der Waals surface area contributed by atoms with Crippen LogP contribution < -0.4 is 57.3 Å². The molecule has 0 amide bonds. The van der Waals surface area contributed by atoms with Crippen LogP contribution in [-0.2, 0) is 0 Å². The Kier molecular flexibility index (Phi) is 8.16. The maximum absolute atomic E-state index is 2.67. The first kappa shape index (κ1) is 38.8. The molecule has 2 saturated heterocycles. The molecule has 2 fully saturated rings. The predicted octanol–water partition coefficient (Wildman–Crippen LogP) is 10.7. The lowest BCUT2D eigenvalue weighted by Crippen LogP contribution is -2.65. The third-order valence-corrected chi connectivity index (χ3v) is 16.6. The van der Waals surface area contributed by atoms with E-state index in [9.17, 15) is 0 Å². The van der Waals surface area contributed by atoms with Gasteiger partial charge in [-0.1, -0.05) is 115 Å². The van der Waals surface area contributed by atoms with E-state index in [2.05, 4.69) is 223 Å². The number of nitrogens with zero attached hydrogens (tertiary/aromatic N) is 6. The molecule has 0 N–H and O–H groups in total. The highest BCUT2D eigenvalue weighted by molar-refractivity contribution is 7.03. The van der Waals surface area contributed by atoms with Crippen LogP contribution in [0.4, 0.5) is 62.6 Å². The number of anilines is 11. The second-order valence-corrected chi connectivity index (χ2v) is 20.2. The van der Waals surface area contributed by atoms with Crippen molar-refractivity contribution in [3.63, 3.8) is 0 Å². The topological polar surface area (TPSA) is 21.1 Å². The maximum Gasteiger partial charge on any atom is 0.252 e. The Morgan fingerprint density at radius 2 is 0.743 bits per heavy atom. The Balaban J connectivity index is 1.04.